The van der Waals surface area contributed by atoms with E-state index in [1.54, 1.807) is 32.0 Å². The Balaban J connectivity index is 2.41. The van der Waals surface area contributed by atoms with Crippen LogP contribution in [-0.4, -0.2) is 0 Å². The number of benzene rings is 2. The van der Waals surface area contributed by atoms with Gasteiger partial charge >= 0.3 is 0 Å². The molecule has 2 aromatic rings. The Labute approximate surface area is 110 Å². The number of nitrogens with two attached hydrogens (primary N) is 1. The van der Waals surface area contributed by atoms with Gasteiger partial charge in [-0.05, 0) is 43.7 Å². The molecule has 2 N–H and O–H groups in total. The van der Waals surface area contributed by atoms with E-state index < -0.39 is 5.82 Å². The summed E-state index contributed by atoms with van der Waals surface area (Å²) in [6.45, 7) is 3.38. The number of rotatable bonds is 3. The Morgan fingerprint density at radius 2 is 1.89 bits per heavy atom. The summed E-state index contributed by atoms with van der Waals surface area (Å²) in [7, 11) is 0. The van der Waals surface area contributed by atoms with Gasteiger partial charge in [-0.15, -0.1) is 0 Å². The zero-order valence-corrected chi connectivity index (χ0v) is 10.8. The zero-order valence-electron chi connectivity index (χ0n) is 10.8. The molecule has 100 valence electrons. The maximum absolute atomic E-state index is 13.6. The monoisotopic (exact) mass is 263 g/mol. The second-order valence-electron chi connectivity index (χ2n) is 4.49. The van der Waals surface area contributed by atoms with Crippen LogP contribution >= 0.6 is 0 Å². The second kappa shape index (κ2) is 5.36. The SMILES string of the molecule is Cc1cc(Oc2cccc(F)c2)c([C@H](C)N)cc1F. The van der Waals surface area contributed by atoms with E-state index >= 15 is 0 Å². The molecule has 19 heavy (non-hydrogen) atoms. The third kappa shape index (κ3) is 3.09. The molecular weight excluding hydrogens is 248 g/mol. The van der Waals surface area contributed by atoms with Crippen LogP contribution in [0.4, 0.5) is 8.78 Å². The quantitative estimate of drug-likeness (QED) is 0.905. The summed E-state index contributed by atoms with van der Waals surface area (Å²) in [5.74, 6) is 0.0741. The summed E-state index contributed by atoms with van der Waals surface area (Å²) in [6, 6.07) is 8.32. The van der Waals surface area contributed by atoms with E-state index in [4.69, 9.17) is 10.5 Å². The molecule has 0 aliphatic carbocycles. The van der Waals surface area contributed by atoms with E-state index in [-0.39, 0.29) is 11.9 Å². The molecule has 0 fully saturated rings. The summed E-state index contributed by atoms with van der Waals surface area (Å²) in [6.07, 6.45) is 0. The molecule has 0 heterocycles. The average Bonchev–Trinajstić information content (AvgIpc) is 2.33. The highest BCUT2D eigenvalue weighted by atomic mass is 19.1. The normalized spacial score (nSPS) is 12.3. The molecular formula is C15H15F2NO. The highest BCUT2D eigenvalue weighted by Crippen LogP contribution is 2.31. The van der Waals surface area contributed by atoms with Crippen molar-refractivity contribution in [1.82, 2.24) is 0 Å². The van der Waals surface area contributed by atoms with Gasteiger partial charge in [0.1, 0.15) is 23.1 Å². The van der Waals surface area contributed by atoms with E-state index in [0.717, 1.165) is 0 Å². The molecule has 0 bridgehead atoms. The molecule has 0 unspecified atom stereocenters. The van der Waals surface area contributed by atoms with Crippen molar-refractivity contribution in [3.8, 4) is 11.5 Å². The molecule has 0 aliphatic heterocycles. The van der Waals surface area contributed by atoms with Crippen LogP contribution in [-0.2, 0) is 0 Å². The molecule has 0 amide bonds. The summed E-state index contributed by atoms with van der Waals surface area (Å²) in [5, 5.41) is 0. The molecule has 1 atom stereocenters. The standard InChI is InChI=1S/C15H15F2NO/c1-9-6-15(13(10(2)18)8-14(9)17)19-12-5-3-4-11(16)7-12/h3-8,10H,18H2,1-2H3/t10-/m0/s1. The molecule has 0 saturated heterocycles. The van der Waals surface area contributed by atoms with Crippen LogP contribution < -0.4 is 10.5 Å². The van der Waals surface area contributed by atoms with Crippen molar-refractivity contribution in [1.29, 1.82) is 0 Å². The van der Waals surface area contributed by atoms with Crippen LogP contribution in [0.25, 0.3) is 0 Å². The van der Waals surface area contributed by atoms with Crippen LogP contribution in [0, 0.1) is 18.6 Å². The fraction of sp³-hybridized carbons (Fsp3) is 0.200. The molecule has 0 aliphatic rings. The summed E-state index contributed by atoms with van der Waals surface area (Å²) in [5.41, 5.74) is 6.80. The van der Waals surface area contributed by atoms with Gasteiger partial charge in [0, 0.05) is 17.7 Å². The van der Waals surface area contributed by atoms with Crippen LogP contribution in [0.5, 0.6) is 11.5 Å². The van der Waals surface area contributed by atoms with Crippen molar-refractivity contribution >= 4 is 0 Å². The van der Waals surface area contributed by atoms with E-state index in [1.807, 2.05) is 0 Å². The van der Waals surface area contributed by atoms with Crippen molar-refractivity contribution in [2.24, 2.45) is 5.73 Å². The van der Waals surface area contributed by atoms with Gasteiger partial charge in [-0.3, -0.25) is 0 Å². The molecule has 0 spiro atoms. The second-order valence-corrected chi connectivity index (χ2v) is 4.49. The zero-order chi connectivity index (χ0) is 14.0. The first-order valence-electron chi connectivity index (χ1n) is 5.96. The highest BCUT2D eigenvalue weighted by molar-refractivity contribution is 5.42. The Morgan fingerprint density at radius 1 is 1.16 bits per heavy atom. The Kier molecular flexibility index (Phi) is 3.81. The smallest absolute Gasteiger partial charge is 0.132 e. The highest BCUT2D eigenvalue weighted by Gasteiger charge is 2.13. The molecule has 2 nitrogen and oxygen atoms in total. The Morgan fingerprint density at radius 3 is 2.53 bits per heavy atom. The lowest BCUT2D eigenvalue weighted by Crippen LogP contribution is -2.08. The third-order valence-electron chi connectivity index (χ3n) is 2.81. The van der Waals surface area contributed by atoms with Crippen molar-refractivity contribution in [3.05, 3.63) is 59.2 Å². The van der Waals surface area contributed by atoms with E-state index in [0.29, 0.717) is 22.6 Å². The number of ether oxygens (including phenoxy) is 1. The van der Waals surface area contributed by atoms with Gasteiger partial charge in [0.25, 0.3) is 0 Å². The predicted molar refractivity (Wildman–Crippen MR) is 70.2 cm³/mol. The van der Waals surface area contributed by atoms with Gasteiger partial charge in [0.05, 0.1) is 0 Å². The summed E-state index contributed by atoms with van der Waals surface area (Å²) < 4.78 is 32.3. The first-order chi connectivity index (χ1) is 8.97. The predicted octanol–water partition coefficient (Wildman–Crippen LogP) is 4.09. The van der Waals surface area contributed by atoms with E-state index in [9.17, 15) is 8.78 Å². The number of hydrogen-bond donors (Lipinski definition) is 1. The Hall–Kier alpha value is -1.94. The molecule has 4 heteroatoms. The first-order valence-corrected chi connectivity index (χ1v) is 5.96. The van der Waals surface area contributed by atoms with Gasteiger partial charge < -0.3 is 10.5 Å². The fourth-order valence-electron chi connectivity index (χ4n) is 1.77. The average molecular weight is 263 g/mol. The van der Waals surface area contributed by atoms with Gasteiger partial charge in [-0.25, -0.2) is 8.78 Å². The molecule has 0 radical (unpaired) electrons. The van der Waals surface area contributed by atoms with Crippen molar-refractivity contribution < 1.29 is 13.5 Å². The fourth-order valence-corrected chi connectivity index (χ4v) is 1.77. The van der Waals surface area contributed by atoms with Gasteiger partial charge in [-0.1, -0.05) is 6.07 Å². The molecule has 2 aromatic carbocycles. The summed E-state index contributed by atoms with van der Waals surface area (Å²) >= 11 is 0. The maximum atomic E-state index is 13.6. The molecule has 0 saturated carbocycles. The van der Waals surface area contributed by atoms with E-state index in [1.165, 1.54) is 18.2 Å². The molecule has 0 aromatic heterocycles. The lowest BCUT2D eigenvalue weighted by molar-refractivity contribution is 0.463. The van der Waals surface area contributed by atoms with Gasteiger partial charge in [-0.2, -0.15) is 0 Å². The lowest BCUT2D eigenvalue weighted by Gasteiger charge is -2.15. The van der Waals surface area contributed by atoms with Crippen LogP contribution in [0.2, 0.25) is 0 Å². The van der Waals surface area contributed by atoms with Gasteiger partial charge in [0.15, 0.2) is 0 Å². The summed E-state index contributed by atoms with van der Waals surface area (Å²) in [4.78, 5) is 0. The lowest BCUT2D eigenvalue weighted by atomic mass is 10.1. The van der Waals surface area contributed by atoms with Crippen molar-refractivity contribution in [3.63, 3.8) is 0 Å². The van der Waals surface area contributed by atoms with Crippen molar-refractivity contribution in [2.45, 2.75) is 19.9 Å². The van der Waals surface area contributed by atoms with Crippen LogP contribution in [0.3, 0.4) is 0 Å². The molecule has 2 rings (SSSR count). The van der Waals surface area contributed by atoms with Crippen LogP contribution in [0.15, 0.2) is 36.4 Å². The first kappa shape index (κ1) is 13.5. The van der Waals surface area contributed by atoms with Gasteiger partial charge in [0.2, 0.25) is 0 Å². The van der Waals surface area contributed by atoms with Crippen LogP contribution in [0.1, 0.15) is 24.1 Å². The minimum absolute atomic E-state index is 0.334. The minimum Gasteiger partial charge on any atom is -0.457 e. The largest absolute Gasteiger partial charge is 0.457 e. The minimum atomic E-state index is -0.390. The third-order valence-corrected chi connectivity index (χ3v) is 2.81. The number of halogens is 2. The topological polar surface area (TPSA) is 35.2 Å². The Bertz CT molecular complexity index is 597. The maximum Gasteiger partial charge on any atom is 0.132 e. The number of hydrogen-bond acceptors (Lipinski definition) is 2. The van der Waals surface area contributed by atoms with Crippen molar-refractivity contribution in [2.75, 3.05) is 0 Å². The number of aryl methyl sites for hydroxylation is 1. The van der Waals surface area contributed by atoms with E-state index in [2.05, 4.69) is 0 Å².